The van der Waals surface area contributed by atoms with Crippen LogP contribution in [0.2, 0.25) is 0 Å². The Kier molecular flexibility index (Phi) is 0.952. The first-order valence-corrected chi connectivity index (χ1v) is 2.39. The van der Waals surface area contributed by atoms with E-state index in [1.54, 1.807) is 0 Å². The van der Waals surface area contributed by atoms with Crippen LogP contribution >= 0.6 is 0 Å². The highest BCUT2D eigenvalue weighted by molar-refractivity contribution is 4.97. The van der Waals surface area contributed by atoms with Crippen LogP contribution < -0.4 is 0 Å². The van der Waals surface area contributed by atoms with Crippen molar-refractivity contribution in [3.63, 3.8) is 0 Å². The van der Waals surface area contributed by atoms with Gasteiger partial charge in [0.25, 0.3) is 0 Å². The van der Waals surface area contributed by atoms with Gasteiger partial charge in [0, 0.05) is 0 Å². The first kappa shape index (κ1) is 3.91. The van der Waals surface area contributed by atoms with Crippen LogP contribution in [0.1, 0.15) is 12.8 Å². The summed E-state index contributed by atoms with van der Waals surface area (Å²) in [5, 5.41) is 0. The second kappa shape index (κ2) is 1.46. The lowest BCUT2D eigenvalue weighted by molar-refractivity contribution is 0.523. The Morgan fingerprint density at radius 1 is 1.83 bits per heavy atom. The normalized spacial score (nSPS) is 22.7. The zero-order valence-corrected chi connectivity index (χ0v) is 3.85. The molecule has 0 nitrogen and oxygen atoms in total. The van der Waals surface area contributed by atoms with E-state index in [-0.39, 0.29) is 0 Å². The van der Waals surface area contributed by atoms with E-state index < -0.39 is 0 Å². The summed E-state index contributed by atoms with van der Waals surface area (Å²) in [5.41, 5.74) is 0. The van der Waals surface area contributed by atoms with Crippen molar-refractivity contribution in [2.45, 2.75) is 12.8 Å². The number of hydrogen-bond donors (Lipinski definition) is 0. The molecule has 0 saturated heterocycles. The molecule has 0 aromatic heterocycles. The lowest BCUT2D eigenvalue weighted by atomic mass is 9.86. The molecule has 0 heteroatoms. The van der Waals surface area contributed by atoms with Gasteiger partial charge in [0.2, 0.25) is 0 Å². The Bertz CT molecular complexity index is 51.1. The molecule has 1 saturated carbocycles. The van der Waals surface area contributed by atoms with Gasteiger partial charge >= 0.3 is 0 Å². The molecular formula is C6H9. The van der Waals surface area contributed by atoms with Gasteiger partial charge in [0.15, 0.2) is 0 Å². The van der Waals surface area contributed by atoms with E-state index in [1.165, 1.54) is 12.8 Å². The van der Waals surface area contributed by atoms with E-state index in [9.17, 15) is 0 Å². The molecule has 1 rings (SSSR count). The minimum Gasteiger partial charge on any atom is -0.103 e. The standard InChI is InChI=1S/C6H9/c1-2-6-4-3-5-6/h2,4,6H,1,3,5H2. The minimum atomic E-state index is 0.755. The Morgan fingerprint density at radius 3 is 2.50 bits per heavy atom. The van der Waals surface area contributed by atoms with E-state index >= 15 is 0 Å². The predicted molar refractivity (Wildman–Crippen MR) is 27.2 cm³/mol. The zero-order chi connectivity index (χ0) is 4.41. The summed E-state index contributed by atoms with van der Waals surface area (Å²) >= 11 is 0. The van der Waals surface area contributed by atoms with E-state index in [1.807, 2.05) is 6.08 Å². The third-order valence-corrected chi connectivity index (χ3v) is 1.27. The SMILES string of the molecule is C=CC1[CH]CC1. The minimum absolute atomic E-state index is 0.755. The van der Waals surface area contributed by atoms with E-state index in [2.05, 4.69) is 13.0 Å². The molecule has 1 radical (unpaired) electrons. The average molecular weight is 81.1 g/mol. The fourth-order valence-electron chi connectivity index (χ4n) is 0.573. The van der Waals surface area contributed by atoms with Crippen LogP contribution in [0.5, 0.6) is 0 Å². The largest absolute Gasteiger partial charge is 0.103 e. The maximum atomic E-state index is 3.65. The quantitative estimate of drug-likeness (QED) is 0.422. The fourth-order valence-corrected chi connectivity index (χ4v) is 0.573. The molecule has 1 aliphatic carbocycles. The van der Waals surface area contributed by atoms with Crippen molar-refractivity contribution in [2.24, 2.45) is 5.92 Å². The fraction of sp³-hybridized carbons (Fsp3) is 0.500. The molecule has 1 unspecified atom stereocenters. The van der Waals surface area contributed by atoms with Crippen molar-refractivity contribution < 1.29 is 0 Å². The van der Waals surface area contributed by atoms with Crippen LogP contribution in [-0.4, -0.2) is 0 Å². The Hall–Kier alpha value is -0.260. The average Bonchev–Trinajstić information content (AvgIpc) is 1.31. The summed E-state index contributed by atoms with van der Waals surface area (Å²) in [5.74, 6) is 0.755. The molecule has 1 fully saturated rings. The first-order chi connectivity index (χ1) is 2.93. The van der Waals surface area contributed by atoms with Crippen molar-refractivity contribution in [1.82, 2.24) is 0 Å². The lowest BCUT2D eigenvalue weighted by Gasteiger charge is -2.19. The van der Waals surface area contributed by atoms with Gasteiger partial charge in [-0.2, -0.15) is 0 Å². The van der Waals surface area contributed by atoms with Crippen molar-refractivity contribution in [3.05, 3.63) is 19.1 Å². The van der Waals surface area contributed by atoms with Crippen LogP contribution in [0, 0.1) is 12.3 Å². The van der Waals surface area contributed by atoms with Crippen LogP contribution in [0.4, 0.5) is 0 Å². The lowest BCUT2D eigenvalue weighted by Crippen LogP contribution is -2.07. The van der Waals surface area contributed by atoms with Gasteiger partial charge in [0.05, 0.1) is 0 Å². The van der Waals surface area contributed by atoms with Gasteiger partial charge in [-0.25, -0.2) is 0 Å². The molecule has 1 aliphatic rings. The summed E-state index contributed by atoms with van der Waals surface area (Å²) in [6.45, 7) is 3.65. The molecule has 0 bridgehead atoms. The molecule has 33 valence electrons. The van der Waals surface area contributed by atoms with Gasteiger partial charge in [-0.15, -0.1) is 6.58 Å². The van der Waals surface area contributed by atoms with Gasteiger partial charge in [0.1, 0.15) is 0 Å². The Morgan fingerprint density at radius 2 is 2.50 bits per heavy atom. The smallest absolute Gasteiger partial charge is 0.0205 e. The second-order valence-corrected chi connectivity index (χ2v) is 1.71. The molecule has 0 spiro atoms. The molecule has 0 amide bonds. The topological polar surface area (TPSA) is 0 Å². The van der Waals surface area contributed by atoms with Crippen molar-refractivity contribution in [1.29, 1.82) is 0 Å². The molecular weight excluding hydrogens is 72.1 g/mol. The van der Waals surface area contributed by atoms with Gasteiger partial charge in [-0.05, 0) is 25.2 Å². The van der Waals surface area contributed by atoms with Crippen LogP contribution in [0.25, 0.3) is 0 Å². The molecule has 0 aromatic rings. The molecule has 0 heterocycles. The summed E-state index contributed by atoms with van der Waals surface area (Å²) in [4.78, 5) is 0. The van der Waals surface area contributed by atoms with Gasteiger partial charge in [-0.1, -0.05) is 6.08 Å². The van der Waals surface area contributed by atoms with Crippen molar-refractivity contribution in [2.75, 3.05) is 0 Å². The summed E-state index contributed by atoms with van der Waals surface area (Å²) in [7, 11) is 0. The third kappa shape index (κ3) is 0.469. The molecule has 0 aromatic carbocycles. The molecule has 0 N–H and O–H groups in total. The molecule has 1 atom stereocenters. The van der Waals surface area contributed by atoms with Gasteiger partial charge in [-0.3, -0.25) is 0 Å². The maximum Gasteiger partial charge on any atom is -0.0205 e. The first-order valence-electron chi connectivity index (χ1n) is 2.39. The van der Waals surface area contributed by atoms with Crippen LogP contribution in [-0.2, 0) is 0 Å². The highest BCUT2D eigenvalue weighted by Gasteiger charge is 2.12. The van der Waals surface area contributed by atoms with Crippen LogP contribution in [0.3, 0.4) is 0 Å². The Balaban J connectivity index is 2.16. The predicted octanol–water partition coefficient (Wildman–Crippen LogP) is 1.79. The number of rotatable bonds is 1. The highest BCUT2D eigenvalue weighted by atomic mass is 14.2. The maximum absolute atomic E-state index is 3.65. The number of allylic oxidation sites excluding steroid dienone is 1. The highest BCUT2D eigenvalue weighted by Crippen LogP contribution is 2.24. The molecule has 0 aliphatic heterocycles. The van der Waals surface area contributed by atoms with Crippen molar-refractivity contribution >= 4 is 0 Å². The van der Waals surface area contributed by atoms with Gasteiger partial charge < -0.3 is 0 Å². The zero-order valence-electron chi connectivity index (χ0n) is 3.85. The van der Waals surface area contributed by atoms with E-state index in [4.69, 9.17) is 0 Å². The summed E-state index contributed by atoms with van der Waals surface area (Å²) in [6, 6.07) is 0. The van der Waals surface area contributed by atoms with Crippen LogP contribution in [0.15, 0.2) is 12.7 Å². The molecule has 6 heavy (non-hydrogen) atoms. The summed E-state index contributed by atoms with van der Waals surface area (Å²) < 4.78 is 0. The second-order valence-electron chi connectivity index (χ2n) is 1.71. The van der Waals surface area contributed by atoms with E-state index in [0.717, 1.165) is 5.92 Å². The van der Waals surface area contributed by atoms with Crippen molar-refractivity contribution in [3.8, 4) is 0 Å². The monoisotopic (exact) mass is 81.1 g/mol. The number of hydrogen-bond acceptors (Lipinski definition) is 0. The summed E-state index contributed by atoms with van der Waals surface area (Å²) in [6.07, 6.45) is 6.93. The third-order valence-electron chi connectivity index (χ3n) is 1.27. The van der Waals surface area contributed by atoms with E-state index in [0.29, 0.717) is 0 Å². The Labute approximate surface area is 38.9 Å².